The van der Waals surface area contributed by atoms with Crippen LogP contribution in [-0.4, -0.2) is 36.2 Å². The molecule has 0 bridgehead atoms. The van der Waals surface area contributed by atoms with E-state index in [2.05, 4.69) is 24.1 Å². The number of nitrogens with one attached hydrogen (secondary N) is 1. The van der Waals surface area contributed by atoms with Crippen LogP contribution in [0.2, 0.25) is 5.02 Å². The maximum absolute atomic E-state index is 12.2. The molecule has 1 amide bonds. The highest BCUT2D eigenvalue weighted by Crippen LogP contribution is 2.27. The Morgan fingerprint density at radius 2 is 1.95 bits per heavy atom. The van der Waals surface area contributed by atoms with E-state index in [4.69, 9.17) is 16.3 Å². The Balaban J connectivity index is 1.98. The monoisotopic (exact) mass is 324 g/mol. The lowest BCUT2D eigenvalue weighted by Gasteiger charge is -2.38. The molecule has 2 atom stereocenters. The molecule has 1 aromatic carbocycles. The predicted octanol–water partition coefficient (Wildman–Crippen LogP) is 4.54. The molecule has 1 aromatic rings. The van der Waals surface area contributed by atoms with Crippen LogP contribution < -0.4 is 5.32 Å². The third kappa shape index (κ3) is 4.37. The minimum atomic E-state index is -0.419. The zero-order valence-electron chi connectivity index (χ0n) is 13.3. The molecule has 0 radical (unpaired) electrons. The van der Waals surface area contributed by atoms with E-state index in [1.165, 1.54) is 6.42 Å². The minimum absolute atomic E-state index is 0.0452. The smallest absolute Gasteiger partial charge is 0.411 e. The van der Waals surface area contributed by atoms with Gasteiger partial charge in [-0.2, -0.15) is 0 Å². The van der Waals surface area contributed by atoms with Crippen molar-refractivity contribution in [2.45, 2.75) is 51.7 Å². The van der Waals surface area contributed by atoms with E-state index in [-0.39, 0.29) is 6.10 Å². The SMILES string of the molecule is CCN(CC)C1CCCCC1OC(=O)Nc1ccccc1Cl. The average Bonchev–Trinajstić information content (AvgIpc) is 2.52. The maximum Gasteiger partial charge on any atom is 0.411 e. The summed E-state index contributed by atoms with van der Waals surface area (Å²) in [6.07, 6.45) is 3.87. The van der Waals surface area contributed by atoms with Crippen LogP contribution in [0.1, 0.15) is 39.5 Å². The van der Waals surface area contributed by atoms with Gasteiger partial charge in [0, 0.05) is 6.04 Å². The molecule has 2 rings (SSSR count). The summed E-state index contributed by atoms with van der Waals surface area (Å²) in [4.78, 5) is 14.5. The number of nitrogens with zero attached hydrogens (tertiary/aromatic N) is 1. The molecular weight excluding hydrogens is 300 g/mol. The lowest BCUT2D eigenvalue weighted by atomic mass is 9.91. The molecule has 0 aliphatic heterocycles. The van der Waals surface area contributed by atoms with E-state index in [9.17, 15) is 4.79 Å². The Morgan fingerprint density at radius 3 is 2.64 bits per heavy atom. The number of carbonyl (C=O) groups excluding carboxylic acids is 1. The summed E-state index contributed by atoms with van der Waals surface area (Å²) in [6, 6.07) is 7.50. The number of amides is 1. The van der Waals surface area contributed by atoms with Crippen LogP contribution in [0.25, 0.3) is 0 Å². The van der Waals surface area contributed by atoms with Crippen LogP contribution >= 0.6 is 11.6 Å². The Morgan fingerprint density at radius 1 is 1.27 bits per heavy atom. The van der Waals surface area contributed by atoms with E-state index in [1.807, 2.05) is 12.1 Å². The molecule has 122 valence electrons. The highest BCUT2D eigenvalue weighted by molar-refractivity contribution is 6.33. The fourth-order valence-corrected chi connectivity index (χ4v) is 3.35. The second kappa shape index (κ2) is 8.39. The summed E-state index contributed by atoms with van der Waals surface area (Å²) in [5.41, 5.74) is 0.587. The van der Waals surface area contributed by atoms with Crippen molar-refractivity contribution in [1.29, 1.82) is 0 Å². The van der Waals surface area contributed by atoms with Crippen LogP contribution in [0.15, 0.2) is 24.3 Å². The third-order valence-corrected chi connectivity index (χ3v) is 4.65. The summed E-state index contributed by atoms with van der Waals surface area (Å²) in [7, 11) is 0. The normalized spacial score (nSPS) is 21.6. The van der Waals surface area contributed by atoms with Gasteiger partial charge in [0.15, 0.2) is 0 Å². The van der Waals surface area contributed by atoms with E-state index >= 15 is 0 Å². The number of para-hydroxylation sites is 1. The number of anilines is 1. The molecule has 4 nitrogen and oxygen atoms in total. The summed E-state index contributed by atoms with van der Waals surface area (Å²) < 4.78 is 5.70. The van der Waals surface area contributed by atoms with Crippen molar-refractivity contribution in [1.82, 2.24) is 4.90 Å². The molecule has 1 N–H and O–H groups in total. The molecule has 1 aliphatic carbocycles. The van der Waals surface area contributed by atoms with Gasteiger partial charge in [0.1, 0.15) is 6.10 Å². The topological polar surface area (TPSA) is 41.6 Å². The zero-order valence-corrected chi connectivity index (χ0v) is 14.1. The van der Waals surface area contributed by atoms with Crippen molar-refractivity contribution in [2.24, 2.45) is 0 Å². The Hall–Kier alpha value is -1.26. The van der Waals surface area contributed by atoms with Gasteiger partial charge in [0.05, 0.1) is 10.7 Å². The minimum Gasteiger partial charge on any atom is -0.444 e. The number of rotatable bonds is 5. The average molecular weight is 325 g/mol. The van der Waals surface area contributed by atoms with Crippen molar-refractivity contribution in [3.05, 3.63) is 29.3 Å². The van der Waals surface area contributed by atoms with Gasteiger partial charge in [0.2, 0.25) is 0 Å². The van der Waals surface area contributed by atoms with E-state index in [0.29, 0.717) is 16.8 Å². The lowest BCUT2D eigenvalue weighted by Crippen LogP contribution is -2.47. The molecule has 1 aliphatic rings. The van der Waals surface area contributed by atoms with Crippen LogP contribution in [-0.2, 0) is 4.74 Å². The molecule has 5 heteroatoms. The van der Waals surface area contributed by atoms with Crippen molar-refractivity contribution < 1.29 is 9.53 Å². The summed E-state index contributed by atoms with van der Waals surface area (Å²) in [5, 5.41) is 3.26. The van der Waals surface area contributed by atoms with Crippen LogP contribution in [0, 0.1) is 0 Å². The Labute approximate surface area is 137 Å². The van der Waals surface area contributed by atoms with E-state index in [0.717, 1.165) is 32.4 Å². The van der Waals surface area contributed by atoms with Gasteiger partial charge in [-0.15, -0.1) is 0 Å². The van der Waals surface area contributed by atoms with Gasteiger partial charge in [-0.05, 0) is 44.5 Å². The van der Waals surface area contributed by atoms with Crippen LogP contribution in [0.5, 0.6) is 0 Å². The molecule has 0 aromatic heterocycles. The number of halogens is 1. The van der Waals surface area contributed by atoms with Gasteiger partial charge in [-0.1, -0.05) is 44.0 Å². The lowest BCUT2D eigenvalue weighted by molar-refractivity contribution is 0.0125. The largest absolute Gasteiger partial charge is 0.444 e. The predicted molar refractivity (Wildman–Crippen MR) is 90.5 cm³/mol. The van der Waals surface area contributed by atoms with Gasteiger partial charge < -0.3 is 4.74 Å². The molecule has 0 heterocycles. The van der Waals surface area contributed by atoms with Crippen LogP contribution in [0.4, 0.5) is 10.5 Å². The van der Waals surface area contributed by atoms with Gasteiger partial charge >= 0.3 is 6.09 Å². The fraction of sp³-hybridized carbons (Fsp3) is 0.588. The quantitative estimate of drug-likeness (QED) is 0.864. The molecule has 1 saturated carbocycles. The van der Waals surface area contributed by atoms with Gasteiger partial charge in [-0.3, -0.25) is 10.2 Å². The highest BCUT2D eigenvalue weighted by atomic mass is 35.5. The molecule has 1 fully saturated rings. The summed E-state index contributed by atoms with van der Waals surface area (Å²) in [5.74, 6) is 0. The van der Waals surface area contributed by atoms with E-state index < -0.39 is 6.09 Å². The number of carbonyl (C=O) groups is 1. The number of benzene rings is 1. The molecular formula is C17H25ClN2O2. The first-order valence-corrected chi connectivity index (χ1v) is 8.49. The fourth-order valence-electron chi connectivity index (χ4n) is 3.16. The third-order valence-electron chi connectivity index (χ3n) is 4.32. The molecule has 2 unspecified atom stereocenters. The number of likely N-dealkylation sites (N-methyl/N-ethyl adjacent to an activating group) is 1. The van der Waals surface area contributed by atoms with Crippen molar-refractivity contribution in [2.75, 3.05) is 18.4 Å². The van der Waals surface area contributed by atoms with Crippen molar-refractivity contribution >= 4 is 23.4 Å². The van der Waals surface area contributed by atoms with Gasteiger partial charge in [0.25, 0.3) is 0 Å². The molecule has 0 saturated heterocycles. The second-order valence-electron chi connectivity index (χ2n) is 5.62. The van der Waals surface area contributed by atoms with Crippen molar-refractivity contribution in [3.8, 4) is 0 Å². The standard InChI is InChI=1S/C17H25ClN2O2/c1-3-20(4-2)15-11-7-8-12-16(15)22-17(21)19-14-10-6-5-9-13(14)18/h5-6,9-10,15-16H,3-4,7-8,11-12H2,1-2H3,(H,19,21). The molecule has 0 spiro atoms. The number of ether oxygens (including phenoxy) is 1. The first-order valence-electron chi connectivity index (χ1n) is 8.11. The molecule has 22 heavy (non-hydrogen) atoms. The van der Waals surface area contributed by atoms with Crippen molar-refractivity contribution in [3.63, 3.8) is 0 Å². The first kappa shape index (κ1) is 17.1. The first-order chi connectivity index (χ1) is 10.7. The maximum atomic E-state index is 12.2. The number of hydrogen-bond acceptors (Lipinski definition) is 3. The summed E-state index contributed by atoms with van der Waals surface area (Å²) >= 11 is 6.06. The number of hydrogen-bond donors (Lipinski definition) is 1. The Kier molecular flexibility index (Phi) is 6.52. The van der Waals surface area contributed by atoms with E-state index in [1.54, 1.807) is 12.1 Å². The zero-order chi connectivity index (χ0) is 15.9. The Bertz CT molecular complexity index is 491. The highest BCUT2D eigenvalue weighted by Gasteiger charge is 2.31. The van der Waals surface area contributed by atoms with Crippen LogP contribution in [0.3, 0.4) is 0 Å². The second-order valence-corrected chi connectivity index (χ2v) is 6.03. The van der Waals surface area contributed by atoms with Gasteiger partial charge in [-0.25, -0.2) is 4.79 Å². The summed E-state index contributed by atoms with van der Waals surface area (Å²) in [6.45, 7) is 6.26.